The molecule has 1 aromatic heterocycles. The van der Waals surface area contributed by atoms with E-state index in [1.54, 1.807) is 12.1 Å². The van der Waals surface area contributed by atoms with Gasteiger partial charge in [0, 0.05) is 26.2 Å². The van der Waals surface area contributed by atoms with E-state index in [9.17, 15) is 5.26 Å². The Morgan fingerprint density at radius 1 is 0.868 bits per heavy atom. The maximum atomic E-state index is 9.18. The summed E-state index contributed by atoms with van der Waals surface area (Å²) in [5, 5.41) is 12.5. The van der Waals surface area contributed by atoms with Gasteiger partial charge in [-0.05, 0) is 46.9 Å². The van der Waals surface area contributed by atoms with Crippen molar-refractivity contribution in [3.63, 3.8) is 0 Å². The Hall–Kier alpha value is -4.32. The zero-order chi connectivity index (χ0) is 26.2. The molecule has 1 fully saturated rings. The molecule has 0 unspecified atom stereocenters. The van der Waals surface area contributed by atoms with E-state index in [-0.39, 0.29) is 18.6 Å². The van der Waals surface area contributed by atoms with Gasteiger partial charge in [-0.1, -0.05) is 60.7 Å². The SMILES string of the molecule is Cc1c(COc2nc(CN3CCNCC3)nc(OCc3cccc(C#N)c3)n2)cccc1-c1ccccc1. The smallest absolute Gasteiger partial charge is 0.323 e. The van der Waals surface area contributed by atoms with Crippen LogP contribution in [0.3, 0.4) is 0 Å². The maximum absolute atomic E-state index is 9.18. The molecule has 1 aliphatic heterocycles. The minimum atomic E-state index is 0.206. The zero-order valence-electron chi connectivity index (χ0n) is 21.4. The van der Waals surface area contributed by atoms with E-state index < -0.39 is 0 Å². The third-order valence-corrected chi connectivity index (χ3v) is 6.53. The van der Waals surface area contributed by atoms with Gasteiger partial charge in [-0.25, -0.2) is 0 Å². The summed E-state index contributed by atoms with van der Waals surface area (Å²) in [6, 6.07) is 26.4. The van der Waals surface area contributed by atoms with Crippen LogP contribution in [0.25, 0.3) is 11.1 Å². The molecule has 5 rings (SSSR count). The van der Waals surface area contributed by atoms with Crippen LogP contribution in [0.5, 0.6) is 12.0 Å². The van der Waals surface area contributed by atoms with Crippen LogP contribution in [0.2, 0.25) is 0 Å². The van der Waals surface area contributed by atoms with Crippen LogP contribution in [0, 0.1) is 18.3 Å². The molecule has 192 valence electrons. The molecule has 1 N–H and O–H groups in total. The lowest BCUT2D eigenvalue weighted by molar-refractivity contribution is 0.216. The number of hydrogen-bond acceptors (Lipinski definition) is 8. The molecule has 2 heterocycles. The molecule has 8 nitrogen and oxygen atoms in total. The van der Waals surface area contributed by atoms with Crippen LogP contribution in [0.4, 0.5) is 0 Å². The summed E-state index contributed by atoms with van der Waals surface area (Å²) in [5.41, 5.74) is 6.00. The first-order valence-corrected chi connectivity index (χ1v) is 12.7. The van der Waals surface area contributed by atoms with Crippen LogP contribution in [-0.2, 0) is 19.8 Å². The predicted octanol–water partition coefficient (Wildman–Crippen LogP) is 4.28. The number of nitrogens with one attached hydrogen (secondary N) is 1. The summed E-state index contributed by atoms with van der Waals surface area (Å²) in [7, 11) is 0. The number of piperazine rings is 1. The molecule has 0 saturated carbocycles. The first-order chi connectivity index (χ1) is 18.7. The molecule has 0 radical (unpaired) electrons. The Kier molecular flexibility index (Phi) is 8.19. The Balaban J connectivity index is 1.35. The molecule has 0 amide bonds. The highest BCUT2D eigenvalue weighted by Crippen LogP contribution is 2.26. The number of benzene rings is 3. The van der Waals surface area contributed by atoms with Gasteiger partial charge < -0.3 is 14.8 Å². The largest absolute Gasteiger partial charge is 0.458 e. The van der Waals surface area contributed by atoms with Crippen LogP contribution in [-0.4, -0.2) is 46.0 Å². The summed E-state index contributed by atoms with van der Waals surface area (Å²) in [6.07, 6.45) is 0. The topological polar surface area (TPSA) is 96.2 Å². The number of rotatable bonds is 9. The number of hydrogen-bond donors (Lipinski definition) is 1. The van der Waals surface area contributed by atoms with Gasteiger partial charge in [0.25, 0.3) is 0 Å². The van der Waals surface area contributed by atoms with Crippen molar-refractivity contribution in [3.05, 3.63) is 101 Å². The Bertz CT molecular complexity index is 1410. The molecule has 1 aliphatic rings. The fraction of sp³-hybridized carbons (Fsp3) is 0.267. The van der Waals surface area contributed by atoms with Gasteiger partial charge in [-0.2, -0.15) is 15.2 Å². The lowest BCUT2D eigenvalue weighted by Gasteiger charge is -2.26. The van der Waals surface area contributed by atoms with Gasteiger partial charge in [0.05, 0.1) is 18.2 Å². The van der Waals surface area contributed by atoms with E-state index in [4.69, 9.17) is 9.47 Å². The molecule has 0 bridgehead atoms. The van der Waals surface area contributed by atoms with Crippen molar-refractivity contribution < 1.29 is 9.47 Å². The second kappa shape index (κ2) is 12.3. The van der Waals surface area contributed by atoms with E-state index in [1.165, 1.54) is 11.1 Å². The minimum absolute atomic E-state index is 0.206. The molecule has 0 atom stereocenters. The highest BCUT2D eigenvalue weighted by atomic mass is 16.5. The normalized spacial score (nSPS) is 13.6. The van der Waals surface area contributed by atoms with Gasteiger partial charge in [0.15, 0.2) is 5.82 Å². The first kappa shape index (κ1) is 25.3. The fourth-order valence-corrected chi connectivity index (χ4v) is 4.44. The van der Waals surface area contributed by atoms with Crippen LogP contribution in [0.15, 0.2) is 72.8 Å². The molecule has 4 aromatic rings. The van der Waals surface area contributed by atoms with Gasteiger partial charge in [0.1, 0.15) is 13.2 Å². The molecule has 3 aromatic carbocycles. The van der Waals surface area contributed by atoms with Crippen molar-refractivity contribution in [3.8, 4) is 29.2 Å². The third-order valence-electron chi connectivity index (χ3n) is 6.53. The quantitative estimate of drug-likeness (QED) is 0.359. The molecule has 8 heteroatoms. The van der Waals surface area contributed by atoms with Gasteiger partial charge in [-0.3, -0.25) is 4.90 Å². The van der Waals surface area contributed by atoms with Crippen molar-refractivity contribution in [1.29, 1.82) is 5.26 Å². The van der Waals surface area contributed by atoms with Crippen LogP contribution < -0.4 is 14.8 Å². The number of nitriles is 1. The van der Waals surface area contributed by atoms with Crippen molar-refractivity contribution >= 4 is 0 Å². The Morgan fingerprint density at radius 3 is 2.37 bits per heavy atom. The average Bonchev–Trinajstić information content (AvgIpc) is 2.96. The number of nitrogens with zero attached hydrogens (tertiary/aromatic N) is 5. The first-order valence-electron chi connectivity index (χ1n) is 12.7. The third kappa shape index (κ3) is 6.51. The van der Waals surface area contributed by atoms with Gasteiger partial charge >= 0.3 is 12.0 Å². The van der Waals surface area contributed by atoms with Crippen LogP contribution >= 0.6 is 0 Å². The number of aromatic nitrogens is 3. The highest BCUT2D eigenvalue weighted by molar-refractivity contribution is 5.68. The van der Waals surface area contributed by atoms with Crippen molar-refractivity contribution in [2.75, 3.05) is 26.2 Å². The molecule has 0 aliphatic carbocycles. The van der Waals surface area contributed by atoms with Gasteiger partial charge in [0.2, 0.25) is 0 Å². The van der Waals surface area contributed by atoms with E-state index in [2.05, 4.69) is 62.4 Å². The summed E-state index contributed by atoms with van der Waals surface area (Å²) in [6.45, 7) is 6.97. The standard InChI is InChI=1S/C30H30N6O2/c1-22-26(11-6-12-27(22)25-9-3-2-4-10-25)21-38-30-34-28(19-36-15-13-32-14-16-36)33-29(35-30)37-20-24-8-5-7-23(17-24)18-31/h2-12,17,32H,13-16,19-21H2,1H3. The monoisotopic (exact) mass is 506 g/mol. The molecular formula is C30H30N6O2. The minimum Gasteiger partial charge on any atom is -0.458 e. The second-order valence-electron chi connectivity index (χ2n) is 9.19. The molecule has 38 heavy (non-hydrogen) atoms. The van der Waals surface area contributed by atoms with E-state index in [0.717, 1.165) is 42.9 Å². The lowest BCUT2D eigenvalue weighted by Crippen LogP contribution is -2.43. The zero-order valence-corrected chi connectivity index (χ0v) is 21.4. The van der Waals surface area contributed by atoms with E-state index in [0.29, 0.717) is 24.5 Å². The van der Waals surface area contributed by atoms with Crippen LogP contribution in [0.1, 0.15) is 28.1 Å². The number of ether oxygens (including phenoxy) is 2. The second-order valence-corrected chi connectivity index (χ2v) is 9.19. The highest BCUT2D eigenvalue weighted by Gasteiger charge is 2.16. The molecule has 0 spiro atoms. The average molecular weight is 507 g/mol. The van der Waals surface area contributed by atoms with Crippen molar-refractivity contribution in [2.45, 2.75) is 26.7 Å². The summed E-state index contributed by atoms with van der Waals surface area (Å²) >= 11 is 0. The Labute approximate surface area is 222 Å². The van der Waals surface area contributed by atoms with Crippen molar-refractivity contribution in [2.24, 2.45) is 0 Å². The fourth-order valence-electron chi connectivity index (χ4n) is 4.44. The summed E-state index contributed by atoms with van der Waals surface area (Å²) in [5.74, 6) is 0.604. The Morgan fingerprint density at radius 2 is 1.61 bits per heavy atom. The summed E-state index contributed by atoms with van der Waals surface area (Å²) < 4.78 is 12.0. The van der Waals surface area contributed by atoms with Gasteiger partial charge in [-0.15, -0.1) is 4.98 Å². The maximum Gasteiger partial charge on any atom is 0.323 e. The lowest BCUT2D eigenvalue weighted by atomic mass is 9.97. The summed E-state index contributed by atoms with van der Waals surface area (Å²) in [4.78, 5) is 15.9. The predicted molar refractivity (Wildman–Crippen MR) is 144 cm³/mol. The van der Waals surface area contributed by atoms with Crippen molar-refractivity contribution in [1.82, 2.24) is 25.2 Å². The van der Waals surface area contributed by atoms with E-state index in [1.807, 2.05) is 36.4 Å². The van der Waals surface area contributed by atoms with E-state index >= 15 is 0 Å². The molecular weight excluding hydrogens is 476 g/mol. The molecule has 1 saturated heterocycles.